The standard InChI is InChI=1S/C16H21IN2O2/c17-14-9-5-4-8-13(14)16(21)19-11-15(20)18-10-12-6-2-1-3-7-12/h4-5,8-9,12H,1-3,6-7,10-11H2,(H,18,20)(H,19,21). The lowest BCUT2D eigenvalue weighted by Gasteiger charge is -2.21. The lowest BCUT2D eigenvalue weighted by atomic mass is 9.89. The minimum absolute atomic E-state index is 0.0382. The Hall–Kier alpha value is -1.11. The third-order valence-corrected chi connectivity index (χ3v) is 4.78. The van der Waals surface area contributed by atoms with E-state index >= 15 is 0 Å². The van der Waals surface area contributed by atoms with Gasteiger partial charge in [-0.05, 0) is 53.5 Å². The first-order valence-electron chi connectivity index (χ1n) is 7.46. The Morgan fingerprint density at radius 1 is 1.10 bits per heavy atom. The molecule has 1 aliphatic rings. The van der Waals surface area contributed by atoms with Gasteiger partial charge in [0, 0.05) is 10.1 Å². The molecule has 1 aliphatic carbocycles. The third-order valence-electron chi connectivity index (χ3n) is 3.84. The maximum absolute atomic E-state index is 12.0. The van der Waals surface area contributed by atoms with Crippen molar-refractivity contribution in [2.45, 2.75) is 32.1 Å². The summed E-state index contributed by atoms with van der Waals surface area (Å²) in [5.74, 6) is 0.293. The van der Waals surface area contributed by atoms with Gasteiger partial charge in [0.25, 0.3) is 5.91 Å². The smallest absolute Gasteiger partial charge is 0.252 e. The number of amides is 2. The predicted molar refractivity (Wildman–Crippen MR) is 91.1 cm³/mol. The summed E-state index contributed by atoms with van der Waals surface area (Å²) >= 11 is 2.12. The predicted octanol–water partition coefficient (Wildman–Crippen LogP) is 2.72. The molecular formula is C16H21IN2O2. The van der Waals surface area contributed by atoms with Crippen molar-refractivity contribution in [3.63, 3.8) is 0 Å². The summed E-state index contributed by atoms with van der Waals surface area (Å²) in [6, 6.07) is 7.34. The van der Waals surface area contributed by atoms with Crippen LogP contribution in [0.15, 0.2) is 24.3 Å². The van der Waals surface area contributed by atoms with E-state index in [1.165, 1.54) is 32.1 Å². The topological polar surface area (TPSA) is 58.2 Å². The highest BCUT2D eigenvalue weighted by molar-refractivity contribution is 14.1. The van der Waals surface area contributed by atoms with Crippen molar-refractivity contribution < 1.29 is 9.59 Å². The number of carbonyl (C=O) groups excluding carboxylic acids is 2. The van der Waals surface area contributed by atoms with Crippen LogP contribution in [0.2, 0.25) is 0 Å². The Balaban J connectivity index is 1.71. The molecule has 0 spiro atoms. The van der Waals surface area contributed by atoms with Crippen molar-refractivity contribution in [3.8, 4) is 0 Å². The quantitative estimate of drug-likeness (QED) is 0.747. The van der Waals surface area contributed by atoms with Gasteiger partial charge >= 0.3 is 0 Å². The molecule has 2 rings (SSSR count). The zero-order valence-electron chi connectivity index (χ0n) is 12.0. The van der Waals surface area contributed by atoms with Crippen LogP contribution in [0.25, 0.3) is 0 Å². The molecule has 21 heavy (non-hydrogen) atoms. The van der Waals surface area contributed by atoms with E-state index in [0.717, 1.165) is 10.1 Å². The summed E-state index contributed by atoms with van der Waals surface area (Å²) in [6.45, 7) is 0.772. The zero-order valence-corrected chi connectivity index (χ0v) is 14.2. The first kappa shape index (κ1) is 16.3. The van der Waals surface area contributed by atoms with Crippen LogP contribution in [0, 0.1) is 9.49 Å². The molecule has 0 aliphatic heterocycles. The van der Waals surface area contributed by atoms with Crippen LogP contribution in [-0.4, -0.2) is 24.9 Å². The van der Waals surface area contributed by atoms with Crippen LogP contribution < -0.4 is 10.6 Å². The minimum atomic E-state index is -0.201. The van der Waals surface area contributed by atoms with E-state index < -0.39 is 0 Å². The summed E-state index contributed by atoms with van der Waals surface area (Å²) in [5.41, 5.74) is 0.609. The molecule has 0 heterocycles. The zero-order chi connectivity index (χ0) is 15.1. The maximum Gasteiger partial charge on any atom is 0.252 e. The molecule has 1 saturated carbocycles. The maximum atomic E-state index is 12.0. The molecule has 1 aromatic carbocycles. The largest absolute Gasteiger partial charge is 0.354 e. The third kappa shape index (κ3) is 5.30. The van der Waals surface area contributed by atoms with Gasteiger partial charge in [-0.1, -0.05) is 31.4 Å². The molecular weight excluding hydrogens is 379 g/mol. The molecule has 0 saturated heterocycles. The van der Waals surface area contributed by atoms with Crippen LogP contribution in [-0.2, 0) is 4.79 Å². The van der Waals surface area contributed by atoms with Crippen molar-refractivity contribution >= 4 is 34.4 Å². The van der Waals surface area contributed by atoms with E-state index in [2.05, 4.69) is 33.2 Å². The van der Waals surface area contributed by atoms with E-state index in [1.807, 2.05) is 18.2 Å². The van der Waals surface area contributed by atoms with Gasteiger partial charge in [-0.3, -0.25) is 9.59 Å². The number of halogens is 1. The van der Waals surface area contributed by atoms with Crippen LogP contribution in [0.4, 0.5) is 0 Å². The Morgan fingerprint density at radius 2 is 1.81 bits per heavy atom. The lowest BCUT2D eigenvalue weighted by Crippen LogP contribution is -2.39. The number of rotatable bonds is 5. The van der Waals surface area contributed by atoms with Crippen molar-refractivity contribution in [2.24, 2.45) is 5.92 Å². The van der Waals surface area contributed by atoms with Gasteiger partial charge in [0.05, 0.1) is 12.1 Å². The molecule has 4 nitrogen and oxygen atoms in total. The summed E-state index contributed by atoms with van der Waals surface area (Å²) in [6.07, 6.45) is 6.26. The van der Waals surface area contributed by atoms with E-state index in [9.17, 15) is 9.59 Å². The molecule has 1 fully saturated rings. The summed E-state index contributed by atoms with van der Waals surface area (Å²) < 4.78 is 0.884. The van der Waals surface area contributed by atoms with E-state index in [1.54, 1.807) is 6.07 Å². The average molecular weight is 400 g/mol. The molecule has 114 valence electrons. The second-order valence-corrected chi connectivity index (χ2v) is 6.63. The van der Waals surface area contributed by atoms with Crippen LogP contribution in [0.5, 0.6) is 0 Å². The lowest BCUT2D eigenvalue weighted by molar-refractivity contribution is -0.120. The van der Waals surface area contributed by atoms with E-state index in [-0.39, 0.29) is 18.4 Å². The Morgan fingerprint density at radius 3 is 2.52 bits per heavy atom. The highest BCUT2D eigenvalue weighted by Crippen LogP contribution is 2.22. The van der Waals surface area contributed by atoms with Crippen molar-refractivity contribution in [1.82, 2.24) is 10.6 Å². The molecule has 2 N–H and O–H groups in total. The van der Waals surface area contributed by atoms with Crippen LogP contribution in [0.3, 0.4) is 0 Å². The van der Waals surface area contributed by atoms with Gasteiger partial charge in [0.1, 0.15) is 0 Å². The fourth-order valence-electron chi connectivity index (χ4n) is 2.61. The van der Waals surface area contributed by atoms with Crippen molar-refractivity contribution in [2.75, 3.05) is 13.1 Å². The Labute approximate surface area is 139 Å². The molecule has 2 amide bonds. The summed E-state index contributed by atoms with van der Waals surface area (Å²) in [5, 5.41) is 5.59. The molecule has 0 aromatic heterocycles. The van der Waals surface area contributed by atoms with Gasteiger partial charge in [-0.2, -0.15) is 0 Å². The van der Waals surface area contributed by atoms with Gasteiger partial charge in [-0.25, -0.2) is 0 Å². The van der Waals surface area contributed by atoms with E-state index in [4.69, 9.17) is 0 Å². The van der Waals surface area contributed by atoms with Gasteiger partial charge in [0.2, 0.25) is 5.91 Å². The first-order valence-corrected chi connectivity index (χ1v) is 8.54. The number of hydrogen-bond donors (Lipinski definition) is 2. The molecule has 1 aromatic rings. The number of carbonyl (C=O) groups is 2. The highest BCUT2D eigenvalue weighted by Gasteiger charge is 2.15. The van der Waals surface area contributed by atoms with Crippen LogP contribution >= 0.6 is 22.6 Å². The SMILES string of the molecule is O=C(CNC(=O)c1ccccc1I)NCC1CCCCC1. The number of benzene rings is 1. The van der Waals surface area contributed by atoms with Gasteiger partial charge < -0.3 is 10.6 Å². The molecule has 5 heteroatoms. The molecule has 0 radical (unpaired) electrons. The fourth-order valence-corrected chi connectivity index (χ4v) is 3.25. The van der Waals surface area contributed by atoms with Crippen LogP contribution in [0.1, 0.15) is 42.5 Å². The normalized spacial score (nSPS) is 15.5. The molecule has 0 unspecified atom stereocenters. The summed E-state index contributed by atoms with van der Waals surface area (Å²) in [4.78, 5) is 23.8. The molecule has 0 bridgehead atoms. The fraction of sp³-hybridized carbons (Fsp3) is 0.500. The van der Waals surface area contributed by atoms with Gasteiger partial charge in [0.15, 0.2) is 0 Å². The highest BCUT2D eigenvalue weighted by atomic mass is 127. The van der Waals surface area contributed by atoms with E-state index in [0.29, 0.717) is 11.5 Å². The second-order valence-electron chi connectivity index (χ2n) is 5.47. The second kappa shape index (κ2) is 8.36. The Bertz CT molecular complexity index is 499. The molecule has 0 atom stereocenters. The van der Waals surface area contributed by atoms with Crippen molar-refractivity contribution in [3.05, 3.63) is 33.4 Å². The number of hydrogen-bond acceptors (Lipinski definition) is 2. The van der Waals surface area contributed by atoms with Gasteiger partial charge in [-0.15, -0.1) is 0 Å². The monoisotopic (exact) mass is 400 g/mol. The Kier molecular flexibility index (Phi) is 6.48. The van der Waals surface area contributed by atoms with Crippen molar-refractivity contribution in [1.29, 1.82) is 0 Å². The average Bonchev–Trinajstić information content (AvgIpc) is 2.52. The number of nitrogens with one attached hydrogen (secondary N) is 2. The minimum Gasteiger partial charge on any atom is -0.354 e. The first-order chi connectivity index (χ1) is 10.2. The summed E-state index contributed by atoms with van der Waals surface area (Å²) in [7, 11) is 0.